The first-order valence-corrected chi connectivity index (χ1v) is 7.44. The molecule has 0 bridgehead atoms. The minimum absolute atomic E-state index is 0.0399. The molecule has 1 heterocycles. The molecule has 0 radical (unpaired) electrons. The second-order valence-electron chi connectivity index (χ2n) is 5.11. The van der Waals surface area contributed by atoms with Gasteiger partial charge >= 0.3 is 0 Å². The molecule has 4 nitrogen and oxygen atoms in total. The summed E-state index contributed by atoms with van der Waals surface area (Å²) in [5, 5.41) is 6.02. The average Bonchev–Trinajstić information content (AvgIpc) is 2.86. The van der Waals surface area contributed by atoms with Crippen molar-refractivity contribution in [2.24, 2.45) is 11.7 Å². The van der Waals surface area contributed by atoms with Gasteiger partial charge in [-0.1, -0.05) is 13.8 Å². The lowest BCUT2D eigenvalue weighted by Crippen LogP contribution is -2.16. The predicted molar refractivity (Wildman–Crippen MR) is 83.6 cm³/mol. The fraction of sp³-hybridized carbons (Fsp3) is 0.333. The highest BCUT2D eigenvalue weighted by Crippen LogP contribution is 2.26. The number of benzene rings is 1. The number of carbonyl (C=O) groups is 1. The standard InChI is InChI=1S/C15H19N3OS/c1-9(2)14(16)13-8-20-15(18-13)17-12-6-4-11(5-7-12)10(3)19/h4-9,14H,16H2,1-3H3,(H,17,18). The van der Waals surface area contributed by atoms with Gasteiger partial charge in [0, 0.05) is 16.6 Å². The van der Waals surface area contributed by atoms with E-state index in [9.17, 15) is 4.79 Å². The Morgan fingerprint density at radius 1 is 1.30 bits per heavy atom. The molecule has 0 saturated heterocycles. The van der Waals surface area contributed by atoms with Gasteiger partial charge in [0.2, 0.25) is 0 Å². The number of aromatic nitrogens is 1. The highest BCUT2D eigenvalue weighted by Gasteiger charge is 2.14. The zero-order chi connectivity index (χ0) is 14.7. The van der Waals surface area contributed by atoms with Gasteiger partial charge in [0.1, 0.15) is 0 Å². The molecule has 0 aliphatic carbocycles. The minimum Gasteiger partial charge on any atom is -0.332 e. The van der Waals surface area contributed by atoms with Gasteiger partial charge in [0.05, 0.1) is 11.7 Å². The number of nitrogens with one attached hydrogen (secondary N) is 1. The molecule has 0 aliphatic rings. The van der Waals surface area contributed by atoms with E-state index in [4.69, 9.17) is 5.73 Å². The molecule has 0 spiro atoms. The first kappa shape index (κ1) is 14.7. The number of anilines is 2. The maximum Gasteiger partial charge on any atom is 0.187 e. The molecule has 0 amide bonds. The van der Waals surface area contributed by atoms with Gasteiger partial charge in [0.15, 0.2) is 10.9 Å². The smallest absolute Gasteiger partial charge is 0.187 e. The Morgan fingerprint density at radius 3 is 2.50 bits per heavy atom. The molecule has 1 aromatic heterocycles. The topological polar surface area (TPSA) is 68.0 Å². The Balaban J connectivity index is 2.08. The number of rotatable bonds is 5. The summed E-state index contributed by atoms with van der Waals surface area (Å²) in [6.07, 6.45) is 0. The maximum atomic E-state index is 11.2. The van der Waals surface area contributed by atoms with Crippen molar-refractivity contribution in [2.45, 2.75) is 26.8 Å². The SMILES string of the molecule is CC(=O)c1ccc(Nc2nc(C(N)C(C)C)cs2)cc1. The Hall–Kier alpha value is -1.72. The zero-order valence-corrected chi connectivity index (χ0v) is 12.7. The molecular weight excluding hydrogens is 270 g/mol. The van der Waals surface area contributed by atoms with E-state index in [1.54, 1.807) is 19.1 Å². The number of Topliss-reactive ketones (excluding diaryl/α,β-unsaturated/α-hetero) is 1. The molecule has 3 N–H and O–H groups in total. The van der Waals surface area contributed by atoms with E-state index < -0.39 is 0 Å². The second kappa shape index (κ2) is 6.15. The minimum atomic E-state index is -0.0399. The Morgan fingerprint density at radius 2 is 1.95 bits per heavy atom. The number of hydrogen-bond acceptors (Lipinski definition) is 5. The molecule has 1 aromatic carbocycles. The third-order valence-electron chi connectivity index (χ3n) is 3.12. The fourth-order valence-corrected chi connectivity index (χ4v) is 2.53. The van der Waals surface area contributed by atoms with Crippen molar-refractivity contribution in [3.05, 3.63) is 40.9 Å². The quantitative estimate of drug-likeness (QED) is 0.823. The van der Waals surface area contributed by atoms with Crippen molar-refractivity contribution >= 4 is 27.9 Å². The lowest BCUT2D eigenvalue weighted by molar-refractivity contribution is 0.101. The summed E-state index contributed by atoms with van der Waals surface area (Å²) in [4.78, 5) is 15.7. The normalized spacial score (nSPS) is 12.4. The first-order valence-electron chi connectivity index (χ1n) is 6.56. The van der Waals surface area contributed by atoms with E-state index in [-0.39, 0.29) is 11.8 Å². The van der Waals surface area contributed by atoms with E-state index >= 15 is 0 Å². The van der Waals surface area contributed by atoms with Crippen molar-refractivity contribution < 1.29 is 4.79 Å². The van der Waals surface area contributed by atoms with Crippen LogP contribution in [0.5, 0.6) is 0 Å². The zero-order valence-electron chi connectivity index (χ0n) is 11.9. The third kappa shape index (κ3) is 3.43. The summed E-state index contributed by atoms with van der Waals surface area (Å²) in [6.45, 7) is 5.72. The van der Waals surface area contributed by atoms with Crippen molar-refractivity contribution in [1.29, 1.82) is 0 Å². The number of ketones is 1. The van der Waals surface area contributed by atoms with Gasteiger partial charge in [-0.05, 0) is 37.1 Å². The van der Waals surface area contributed by atoms with Crippen LogP contribution >= 0.6 is 11.3 Å². The van der Waals surface area contributed by atoms with Crippen LogP contribution in [0.3, 0.4) is 0 Å². The number of carbonyl (C=O) groups excluding carboxylic acids is 1. The van der Waals surface area contributed by atoms with Crippen molar-refractivity contribution in [3.63, 3.8) is 0 Å². The van der Waals surface area contributed by atoms with Crippen LogP contribution in [0.25, 0.3) is 0 Å². The van der Waals surface area contributed by atoms with E-state index in [2.05, 4.69) is 24.1 Å². The van der Waals surface area contributed by atoms with Crippen LogP contribution in [0.1, 0.15) is 42.9 Å². The molecule has 1 atom stereocenters. The van der Waals surface area contributed by atoms with Gasteiger partial charge < -0.3 is 11.1 Å². The van der Waals surface area contributed by atoms with Crippen molar-refractivity contribution in [2.75, 3.05) is 5.32 Å². The molecule has 106 valence electrons. The second-order valence-corrected chi connectivity index (χ2v) is 5.96. The molecule has 0 saturated carbocycles. The molecule has 2 rings (SSSR count). The van der Waals surface area contributed by atoms with Gasteiger partial charge in [0.25, 0.3) is 0 Å². The summed E-state index contributed by atoms with van der Waals surface area (Å²) in [5.74, 6) is 0.427. The Bertz CT molecular complexity index is 589. The Kier molecular flexibility index (Phi) is 4.52. The van der Waals surface area contributed by atoms with E-state index in [0.29, 0.717) is 11.5 Å². The van der Waals surface area contributed by atoms with E-state index in [0.717, 1.165) is 16.5 Å². The van der Waals surface area contributed by atoms with E-state index in [1.165, 1.54) is 11.3 Å². The van der Waals surface area contributed by atoms with Crippen LogP contribution < -0.4 is 11.1 Å². The van der Waals surface area contributed by atoms with Crippen LogP contribution in [-0.4, -0.2) is 10.8 Å². The van der Waals surface area contributed by atoms with Crippen molar-refractivity contribution in [1.82, 2.24) is 4.98 Å². The molecule has 20 heavy (non-hydrogen) atoms. The third-order valence-corrected chi connectivity index (χ3v) is 3.90. The van der Waals surface area contributed by atoms with Gasteiger partial charge in [-0.25, -0.2) is 4.98 Å². The number of nitrogens with zero attached hydrogens (tertiary/aromatic N) is 1. The van der Waals surface area contributed by atoms with Crippen LogP contribution in [0.15, 0.2) is 29.6 Å². The van der Waals surface area contributed by atoms with Crippen LogP contribution in [-0.2, 0) is 0 Å². The predicted octanol–water partition coefficient (Wildman–Crippen LogP) is 3.75. The van der Waals surface area contributed by atoms with Gasteiger partial charge in [-0.3, -0.25) is 4.79 Å². The molecule has 0 aliphatic heterocycles. The molecular formula is C15H19N3OS. The summed E-state index contributed by atoms with van der Waals surface area (Å²) < 4.78 is 0. The van der Waals surface area contributed by atoms with Crippen LogP contribution in [0, 0.1) is 5.92 Å². The monoisotopic (exact) mass is 289 g/mol. The molecule has 2 aromatic rings. The maximum absolute atomic E-state index is 11.2. The number of hydrogen-bond donors (Lipinski definition) is 2. The summed E-state index contributed by atoms with van der Waals surface area (Å²) in [5.41, 5.74) is 8.60. The molecule has 5 heteroatoms. The van der Waals surface area contributed by atoms with Gasteiger partial charge in [-0.2, -0.15) is 0 Å². The highest BCUT2D eigenvalue weighted by molar-refractivity contribution is 7.13. The van der Waals surface area contributed by atoms with E-state index in [1.807, 2.05) is 17.5 Å². The summed E-state index contributed by atoms with van der Waals surface area (Å²) in [6, 6.07) is 7.32. The lowest BCUT2D eigenvalue weighted by atomic mass is 10.0. The summed E-state index contributed by atoms with van der Waals surface area (Å²) in [7, 11) is 0. The fourth-order valence-electron chi connectivity index (χ4n) is 1.75. The Labute approximate surface area is 123 Å². The van der Waals surface area contributed by atoms with Gasteiger partial charge in [-0.15, -0.1) is 11.3 Å². The molecule has 1 unspecified atom stereocenters. The number of thiazole rings is 1. The number of nitrogens with two attached hydrogens (primary N) is 1. The van der Waals surface area contributed by atoms with Crippen molar-refractivity contribution in [3.8, 4) is 0 Å². The lowest BCUT2D eigenvalue weighted by Gasteiger charge is -2.12. The average molecular weight is 289 g/mol. The van der Waals surface area contributed by atoms with Crippen LogP contribution in [0.4, 0.5) is 10.8 Å². The molecule has 0 fully saturated rings. The summed E-state index contributed by atoms with van der Waals surface area (Å²) >= 11 is 1.53. The first-order chi connectivity index (χ1) is 9.47. The highest BCUT2D eigenvalue weighted by atomic mass is 32.1. The van der Waals surface area contributed by atoms with Crippen LogP contribution in [0.2, 0.25) is 0 Å². The largest absolute Gasteiger partial charge is 0.332 e.